The van der Waals surface area contributed by atoms with Crippen LogP contribution >= 0.6 is 0 Å². The van der Waals surface area contributed by atoms with Crippen LogP contribution in [0.1, 0.15) is 33.5 Å². The molecule has 6 nitrogen and oxygen atoms in total. The fraction of sp³-hybridized carbons (Fsp3) is 0.296. The molecule has 4 rings (SSSR count). The second-order valence-corrected chi connectivity index (χ2v) is 10.6. The van der Waals surface area contributed by atoms with Crippen molar-refractivity contribution in [1.29, 1.82) is 0 Å². The molecule has 0 radical (unpaired) electrons. The first-order valence-electron chi connectivity index (χ1n) is 11.6. The maximum atomic E-state index is 13.1. The summed E-state index contributed by atoms with van der Waals surface area (Å²) in [6, 6.07) is 21.9. The summed E-state index contributed by atoms with van der Waals surface area (Å²) < 4.78 is 28.0. The lowest BCUT2D eigenvalue weighted by atomic mass is 10.1. The van der Waals surface area contributed by atoms with Gasteiger partial charge in [0.25, 0.3) is 15.9 Å². The fourth-order valence-corrected chi connectivity index (χ4v) is 5.14. The Morgan fingerprint density at radius 3 is 2.06 bits per heavy atom. The third kappa shape index (κ3) is 6.04. The largest absolute Gasteiger partial charge is 0.337 e. The molecule has 1 saturated heterocycles. The van der Waals surface area contributed by atoms with E-state index in [2.05, 4.69) is 40.8 Å². The summed E-state index contributed by atoms with van der Waals surface area (Å²) in [6.45, 7) is 8.01. The first-order valence-corrected chi connectivity index (χ1v) is 13.1. The number of aryl methyl sites for hydroxylation is 2. The molecule has 0 unspecified atom stereocenters. The van der Waals surface area contributed by atoms with Crippen LogP contribution < -0.4 is 4.72 Å². The van der Waals surface area contributed by atoms with E-state index in [1.165, 1.54) is 23.3 Å². The van der Waals surface area contributed by atoms with E-state index in [4.69, 9.17) is 0 Å². The summed E-state index contributed by atoms with van der Waals surface area (Å²) in [5, 5.41) is 0. The number of nitrogens with zero attached hydrogens (tertiary/aromatic N) is 2. The van der Waals surface area contributed by atoms with E-state index in [1.807, 2.05) is 24.0 Å². The van der Waals surface area contributed by atoms with Gasteiger partial charge in [-0.15, -0.1) is 0 Å². The Morgan fingerprint density at radius 2 is 1.41 bits per heavy atom. The van der Waals surface area contributed by atoms with Gasteiger partial charge in [-0.05, 0) is 62.2 Å². The molecule has 7 heteroatoms. The first-order chi connectivity index (χ1) is 16.3. The Kier molecular flexibility index (Phi) is 7.34. The van der Waals surface area contributed by atoms with Gasteiger partial charge in [0, 0.05) is 44.0 Å². The molecule has 0 saturated carbocycles. The molecule has 1 fully saturated rings. The molecule has 0 aliphatic carbocycles. The van der Waals surface area contributed by atoms with Gasteiger partial charge in [0.1, 0.15) is 0 Å². The number of nitrogens with one attached hydrogen (secondary N) is 1. The average molecular weight is 478 g/mol. The van der Waals surface area contributed by atoms with E-state index in [0.29, 0.717) is 24.3 Å². The average Bonchev–Trinajstić information content (AvgIpc) is 3.07. The number of carbonyl (C=O) groups excluding carboxylic acids is 1. The summed E-state index contributed by atoms with van der Waals surface area (Å²) in [5.41, 5.74) is 4.59. The van der Waals surface area contributed by atoms with Crippen molar-refractivity contribution in [1.82, 2.24) is 9.80 Å². The minimum Gasteiger partial charge on any atom is -0.337 e. The van der Waals surface area contributed by atoms with Crippen LogP contribution in [0.5, 0.6) is 0 Å². The summed E-state index contributed by atoms with van der Waals surface area (Å²) in [4.78, 5) is 17.5. The molecule has 1 aliphatic heterocycles. The van der Waals surface area contributed by atoms with Crippen LogP contribution in [0.25, 0.3) is 0 Å². The van der Waals surface area contributed by atoms with Crippen molar-refractivity contribution in [3.63, 3.8) is 0 Å². The molecule has 3 aromatic rings. The molecule has 0 atom stereocenters. The van der Waals surface area contributed by atoms with Gasteiger partial charge in [-0.25, -0.2) is 8.42 Å². The Balaban J connectivity index is 1.37. The minimum absolute atomic E-state index is 0.0624. The summed E-state index contributed by atoms with van der Waals surface area (Å²) in [7, 11) is -3.72. The highest BCUT2D eigenvalue weighted by Gasteiger charge is 2.21. The van der Waals surface area contributed by atoms with Crippen LogP contribution in [-0.2, 0) is 16.6 Å². The molecular weight excluding hydrogens is 446 g/mol. The number of carbonyl (C=O) groups is 1. The molecule has 0 spiro atoms. The lowest BCUT2D eigenvalue weighted by molar-refractivity contribution is 0.0761. The number of benzene rings is 3. The summed E-state index contributed by atoms with van der Waals surface area (Å²) in [5.74, 6) is -0.0624. The first kappa shape index (κ1) is 24.0. The van der Waals surface area contributed by atoms with Gasteiger partial charge >= 0.3 is 0 Å². The molecule has 178 valence electrons. The molecule has 0 bridgehead atoms. The van der Waals surface area contributed by atoms with Crippen LogP contribution in [0.4, 0.5) is 5.69 Å². The zero-order chi connectivity index (χ0) is 24.1. The van der Waals surface area contributed by atoms with Gasteiger partial charge in [0.2, 0.25) is 0 Å². The predicted molar refractivity (Wildman–Crippen MR) is 135 cm³/mol. The Hall–Kier alpha value is -3.16. The molecule has 1 aliphatic rings. The van der Waals surface area contributed by atoms with E-state index < -0.39 is 10.0 Å². The Labute approximate surface area is 202 Å². The second-order valence-electron chi connectivity index (χ2n) is 8.90. The standard InChI is InChI=1S/C27H31N3O3S/c1-21-4-8-23(9-5-21)20-29-16-3-17-30(19-18-29)27(31)24-10-14-26(15-11-24)34(32,33)28-25-12-6-22(2)7-13-25/h4-15,28H,3,16-20H2,1-2H3. The minimum atomic E-state index is -3.72. The quantitative estimate of drug-likeness (QED) is 0.569. The van der Waals surface area contributed by atoms with Gasteiger partial charge in [0.05, 0.1) is 4.90 Å². The molecule has 1 heterocycles. The van der Waals surface area contributed by atoms with Crippen LogP contribution in [-0.4, -0.2) is 50.3 Å². The highest BCUT2D eigenvalue weighted by atomic mass is 32.2. The maximum Gasteiger partial charge on any atom is 0.261 e. The van der Waals surface area contributed by atoms with Crippen molar-refractivity contribution >= 4 is 21.6 Å². The van der Waals surface area contributed by atoms with Crippen molar-refractivity contribution in [2.45, 2.75) is 31.7 Å². The fourth-order valence-electron chi connectivity index (χ4n) is 4.08. The van der Waals surface area contributed by atoms with Crippen molar-refractivity contribution in [3.8, 4) is 0 Å². The van der Waals surface area contributed by atoms with Gasteiger partial charge in [-0.1, -0.05) is 47.5 Å². The Morgan fingerprint density at radius 1 is 0.794 bits per heavy atom. The Bertz CT molecular complexity index is 1220. The van der Waals surface area contributed by atoms with E-state index >= 15 is 0 Å². The topological polar surface area (TPSA) is 69.7 Å². The van der Waals surface area contributed by atoms with Gasteiger partial charge in [-0.3, -0.25) is 14.4 Å². The normalized spacial score (nSPS) is 15.1. The van der Waals surface area contributed by atoms with E-state index in [0.717, 1.165) is 31.6 Å². The highest BCUT2D eigenvalue weighted by Crippen LogP contribution is 2.19. The summed E-state index contributed by atoms with van der Waals surface area (Å²) in [6.07, 6.45) is 0.907. The predicted octanol–water partition coefficient (Wildman–Crippen LogP) is 4.45. The zero-order valence-electron chi connectivity index (χ0n) is 19.7. The van der Waals surface area contributed by atoms with Crippen LogP contribution in [0.2, 0.25) is 0 Å². The molecule has 0 aromatic heterocycles. The lowest BCUT2D eigenvalue weighted by Crippen LogP contribution is -2.35. The third-order valence-corrected chi connectivity index (χ3v) is 7.52. The number of amides is 1. The maximum absolute atomic E-state index is 13.1. The smallest absolute Gasteiger partial charge is 0.261 e. The lowest BCUT2D eigenvalue weighted by Gasteiger charge is -2.22. The van der Waals surface area contributed by atoms with Crippen molar-refractivity contribution in [2.24, 2.45) is 0 Å². The third-order valence-electron chi connectivity index (χ3n) is 6.12. The number of hydrogen-bond acceptors (Lipinski definition) is 4. The van der Waals surface area contributed by atoms with Crippen LogP contribution in [0.3, 0.4) is 0 Å². The highest BCUT2D eigenvalue weighted by molar-refractivity contribution is 7.92. The van der Waals surface area contributed by atoms with Crippen molar-refractivity contribution in [2.75, 3.05) is 30.9 Å². The molecule has 34 heavy (non-hydrogen) atoms. The molecule has 1 amide bonds. The molecule has 3 aromatic carbocycles. The second kappa shape index (κ2) is 10.4. The monoisotopic (exact) mass is 477 g/mol. The number of rotatable bonds is 6. The molecular formula is C27H31N3O3S. The zero-order valence-corrected chi connectivity index (χ0v) is 20.5. The summed E-state index contributed by atoms with van der Waals surface area (Å²) >= 11 is 0. The SMILES string of the molecule is Cc1ccc(CN2CCCN(C(=O)c3ccc(S(=O)(=O)Nc4ccc(C)cc4)cc3)CC2)cc1. The van der Waals surface area contributed by atoms with Crippen molar-refractivity contribution in [3.05, 3.63) is 95.1 Å². The van der Waals surface area contributed by atoms with E-state index in [1.54, 1.807) is 24.3 Å². The van der Waals surface area contributed by atoms with Gasteiger partial charge in [-0.2, -0.15) is 0 Å². The number of hydrogen-bond donors (Lipinski definition) is 1. The van der Waals surface area contributed by atoms with Gasteiger partial charge < -0.3 is 4.90 Å². The van der Waals surface area contributed by atoms with Gasteiger partial charge in [0.15, 0.2) is 0 Å². The number of sulfonamides is 1. The van der Waals surface area contributed by atoms with Crippen LogP contribution in [0.15, 0.2) is 77.7 Å². The van der Waals surface area contributed by atoms with Crippen LogP contribution in [0, 0.1) is 13.8 Å². The van der Waals surface area contributed by atoms with Crippen molar-refractivity contribution < 1.29 is 13.2 Å². The van der Waals surface area contributed by atoms with E-state index in [-0.39, 0.29) is 10.8 Å². The molecule has 1 N–H and O–H groups in total. The number of anilines is 1. The van der Waals surface area contributed by atoms with E-state index in [9.17, 15) is 13.2 Å².